The first kappa shape index (κ1) is 18.3. The van der Waals surface area contributed by atoms with Gasteiger partial charge in [-0.2, -0.15) is 0 Å². The molecule has 1 aliphatic heterocycles. The maximum atomic E-state index is 6.23. The number of fused-ring (bicyclic) bond motifs is 5. The first-order valence-electron chi connectivity index (χ1n) is 9.38. The van der Waals surface area contributed by atoms with Gasteiger partial charge in [-0.3, -0.25) is 0 Å². The molecular weight excluding hydrogens is 317 g/mol. The fourth-order valence-corrected chi connectivity index (χ4v) is 4.11. The molecule has 3 nitrogen and oxygen atoms in total. The highest BCUT2D eigenvalue weighted by molar-refractivity contribution is 6.38. The van der Waals surface area contributed by atoms with Crippen molar-refractivity contribution in [2.45, 2.75) is 39.2 Å². The summed E-state index contributed by atoms with van der Waals surface area (Å²) in [5.74, 6) is 0.861. The topological polar surface area (TPSA) is 40.7 Å². The van der Waals surface area contributed by atoms with E-state index in [1.165, 1.54) is 11.1 Å². The molecule has 2 N–H and O–H groups in total. The highest BCUT2D eigenvalue weighted by Gasteiger charge is 2.39. The average Bonchev–Trinajstić information content (AvgIpc) is 3.33. The van der Waals surface area contributed by atoms with E-state index < -0.39 is 0 Å². The van der Waals surface area contributed by atoms with Crippen molar-refractivity contribution in [2.75, 3.05) is 5.32 Å². The predicted molar refractivity (Wildman–Crippen MR) is 113 cm³/mol. The van der Waals surface area contributed by atoms with E-state index >= 15 is 0 Å². The molecule has 1 aliphatic carbocycles. The molecule has 0 amide bonds. The van der Waals surface area contributed by atoms with Crippen LogP contribution in [-0.4, -0.2) is 23.9 Å². The molecule has 26 heavy (non-hydrogen) atoms. The van der Waals surface area contributed by atoms with Gasteiger partial charge in [0.2, 0.25) is 0 Å². The highest BCUT2D eigenvalue weighted by atomic mass is 15.0. The third kappa shape index (κ3) is 2.94. The fourth-order valence-electron chi connectivity index (χ4n) is 4.11. The molecule has 4 heteroatoms. The smallest absolute Gasteiger partial charge is 0.116 e. The highest BCUT2D eigenvalue weighted by Crippen LogP contribution is 2.47. The molecule has 0 spiro atoms. The van der Waals surface area contributed by atoms with Gasteiger partial charge in [0.15, 0.2) is 0 Å². The number of aromatic nitrogens is 2. The van der Waals surface area contributed by atoms with Crippen LogP contribution in [0.2, 0.25) is 0 Å². The van der Waals surface area contributed by atoms with Crippen LogP contribution in [-0.2, 0) is 0 Å². The Morgan fingerprint density at radius 3 is 2.92 bits per heavy atom. The van der Waals surface area contributed by atoms with Crippen LogP contribution in [0.25, 0.3) is 11.0 Å². The van der Waals surface area contributed by atoms with Gasteiger partial charge in [-0.05, 0) is 30.4 Å². The molecule has 3 unspecified atom stereocenters. The maximum absolute atomic E-state index is 6.23. The molecule has 0 saturated heterocycles. The predicted octanol–water partition coefficient (Wildman–Crippen LogP) is 4.53. The molecule has 2 aliphatic rings. The van der Waals surface area contributed by atoms with Crippen LogP contribution in [0.15, 0.2) is 61.0 Å². The summed E-state index contributed by atoms with van der Waals surface area (Å²) in [5.41, 5.74) is 6.19. The summed E-state index contributed by atoms with van der Waals surface area (Å²) < 4.78 is 0. The van der Waals surface area contributed by atoms with Gasteiger partial charge in [0.1, 0.15) is 7.85 Å². The summed E-state index contributed by atoms with van der Waals surface area (Å²) in [7, 11) is 6.23. The van der Waals surface area contributed by atoms with Crippen molar-refractivity contribution < 1.29 is 0 Å². The minimum atomic E-state index is 0.238. The molecule has 1 aromatic heterocycles. The number of nitrogens with one attached hydrogen (secondary N) is 2. The van der Waals surface area contributed by atoms with Crippen molar-refractivity contribution in [2.24, 2.45) is 5.92 Å². The van der Waals surface area contributed by atoms with Crippen LogP contribution in [0.4, 0.5) is 5.69 Å². The average molecular weight is 343 g/mol. The van der Waals surface area contributed by atoms with Crippen LogP contribution in [0, 0.1) is 5.92 Å². The Morgan fingerprint density at radius 1 is 1.38 bits per heavy atom. The number of hydrogen-bond donors (Lipinski definition) is 2. The van der Waals surface area contributed by atoms with Gasteiger partial charge in [-0.15, -0.1) is 0 Å². The minimum Gasteiger partial charge on any atom is -0.376 e. The van der Waals surface area contributed by atoms with Gasteiger partial charge in [0.25, 0.3) is 0 Å². The van der Waals surface area contributed by atoms with Crippen LogP contribution in [0.1, 0.15) is 38.7 Å². The van der Waals surface area contributed by atoms with E-state index in [9.17, 15) is 0 Å². The largest absolute Gasteiger partial charge is 0.376 e. The Bertz CT molecular complexity index is 888. The van der Waals surface area contributed by atoms with Gasteiger partial charge in [0, 0.05) is 5.92 Å². The Labute approximate surface area is 157 Å². The van der Waals surface area contributed by atoms with Crippen molar-refractivity contribution in [3.63, 3.8) is 0 Å². The lowest BCUT2D eigenvalue weighted by molar-refractivity contribution is 0.455. The number of allylic oxidation sites excluding steroid dienone is 5. The lowest BCUT2D eigenvalue weighted by Gasteiger charge is -2.38. The molecule has 2 radical (unpaired) electrons. The van der Waals surface area contributed by atoms with E-state index in [1.54, 1.807) is 6.33 Å². The van der Waals surface area contributed by atoms with E-state index in [0.29, 0.717) is 11.8 Å². The first-order chi connectivity index (χ1) is 12.7. The second kappa shape index (κ2) is 7.82. The molecule has 132 valence electrons. The van der Waals surface area contributed by atoms with E-state index in [1.807, 2.05) is 26.8 Å². The summed E-state index contributed by atoms with van der Waals surface area (Å²) in [6.45, 7) is 9.92. The zero-order chi connectivity index (χ0) is 18.7. The number of hydrogen-bond acceptors (Lipinski definition) is 2. The van der Waals surface area contributed by atoms with E-state index in [0.717, 1.165) is 28.6 Å². The molecule has 4 rings (SSSR count). The second-order valence-corrected chi connectivity index (χ2v) is 6.43. The second-order valence-electron chi connectivity index (χ2n) is 6.43. The molecule has 2 heterocycles. The Kier molecular flexibility index (Phi) is 5.50. The van der Waals surface area contributed by atoms with Crippen molar-refractivity contribution in [1.82, 2.24) is 9.97 Å². The molecule has 0 bridgehead atoms. The maximum Gasteiger partial charge on any atom is 0.116 e. The number of rotatable bonds is 3. The zero-order valence-corrected chi connectivity index (χ0v) is 15.8. The van der Waals surface area contributed by atoms with Crippen molar-refractivity contribution in [3.8, 4) is 0 Å². The summed E-state index contributed by atoms with van der Waals surface area (Å²) >= 11 is 0. The van der Waals surface area contributed by atoms with E-state index in [4.69, 9.17) is 7.85 Å². The van der Waals surface area contributed by atoms with Gasteiger partial charge < -0.3 is 10.3 Å². The summed E-state index contributed by atoms with van der Waals surface area (Å²) in [4.78, 5) is 7.63. The van der Waals surface area contributed by atoms with Crippen molar-refractivity contribution in [1.29, 1.82) is 0 Å². The summed E-state index contributed by atoms with van der Waals surface area (Å²) in [6, 6.07) is 2.32. The number of anilines is 1. The molecule has 3 atom stereocenters. The zero-order valence-electron chi connectivity index (χ0n) is 15.8. The van der Waals surface area contributed by atoms with E-state index in [2.05, 4.69) is 58.3 Å². The van der Waals surface area contributed by atoms with Crippen LogP contribution >= 0.6 is 0 Å². The van der Waals surface area contributed by atoms with Crippen LogP contribution in [0.3, 0.4) is 0 Å². The minimum absolute atomic E-state index is 0.238. The van der Waals surface area contributed by atoms with Crippen molar-refractivity contribution >= 4 is 30.0 Å². The Hall–Kier alpha value is -2.49. The number of benzene rings is 1. The first-order valence-corrected chi connectivity index (χ1v) is 9.38. The SMILES string of the molecule is CC.[B]c1cc2c(c3[nH]cnc13)NC(C(/C=C\C)=C/C=C)C1CC=CC21. The van der Waals surface area contributed by atoms with Gasteiger partial charge in [-0.1, -0.05) is 68.4 Å². The normalized spacial score (nSPS) is 24.0. The van der Waals surface area contributed by atoms with Crippen LogP contribution < -0.4 is 10.8 Å². The molecule has 1 aromatic carbocycles. The third-order valence-corrected chi connectivity index (χ3v) is 5.09. The van der Waals surface area contributed by atoms with Gasteiger partial charge >= 0.3 is 0 Å². The molecule has 0 fully saturated rings. The molecule has 2 aromatic rings. The lowest BCUT2D eigenvalue weighted by atomic mass is 9.75. The standard InChI is InChI=1S/C20H20BN3.C2H6/c1-3-6-12(7-4-2)17-14-9-5-8-13(14)15-10-16(21)19-20(18(15)24-17)23-11-22-19;1-2/h3-8,10-11,13-14,17,24H,1,9H2,2H3,(H,22,23);1-2H3/b7-4-,12-6+;. The number of imidazole rings is 1. The molecular formula is C22H26BN3. The summed E-state index contributed by atoms with van der Waals surface area (Å²) in [6.07, 6.45) is 15.6. The van der Waals surface area contributed by atoms with Gasteiger partial charge in [0.05, 0.1) is 29.1 Å². The number of H-pyrrole nitrogens is 1. The Morgan fingerprint density at radius 2 is 2.19 bits per heavy atom. The third-order valence-electron chi connectivity index (χ3n) is 5.09. The van der Waals surface area contributed by atoms with Gasteiger partial charge in [-0.25, -0.2) is 4.98 Å². The number of nitrogens with zero attached hydrogens (tertiary/aromatic N) is 1. The van der Waals surface area contributed by atoms with E-state index in [-0.39, 0.29) is 6.04 Å². The Balaban J connectivity index is 0.000000948. The molecule has 0 saturated carbocycles. The quantitative estimate of drug-likeness (QED) is 0.489. The number of aromatic amines is 1. The summed E-state index contributed by atoms with van der Waals surface area (Å²) in [5, 5.41) is 3.76. The monoisotopic (exact) mass is 343 g/mol. The van der Waals surface area contributed by atoms with Crippen molar-refractivity contribution in [3.05, 3.63) is 66.6 Å². The fraction of sp³-hybridized carbons (Fsp3) is 0.318. The lowest BCUT2D eigenvalue weighted by Crippen LogP contribution is -2.37. The van der Waals surface area contributed by atoms with Crippen LogP contribution in [0.5, 0.6) is 0 Å².